The van der Waals surface area contributed by atoms with Gasteiger partial charge in [-0.25, -0.2) is 12.8 Å². The Morgan fingerprint density at radius 1 is 1.30 bits per heavy atom. The second-order valence-electron chi connectivity index (χ2n) is 5.30. The van der Waals surface area contributed by atoms with Crippen molar-refractivity contribution in [1.29, 1.82) is 0 Å². The van der Waals surface area contributed by atoms with Gasteiger partial charge in [0.1, 0.15) is 11.9 Å². The minimum Gasteiger partial charge on any atom is -0.340 e. The lowest BCUT2D eigenvalue weighted by Crippen LogP contribution is -2.51. The largest absolute Gasteiger partial charge is 0.340 e. The first-order valence-corrected chi connectivity index (χ1v) is 9.56. The number of benzene rings is 1. The molecule has 0 aliphatic carbocycles. The van der Waals surface area contributed by atoms with E-state index in [1.165, 1.54) is 17.9 Å². The van der Waals surface area contributed by atoms with Gasteiger partial charge in [-0.2, -0.15) is 0 Å². The molecule has 23 heavy (non-hydrogen) atoms. The molecule has 126 valence electrons. The van der Waals surface area contributed by atoms with Crippen molar-refractivity contribution in [3.63, 3.8) is 0 Å². The van der Waals surface area contributed by atoms with E-state index in [0.717, 1.165) is 12.1 Å². The summed E-state index contributed by atoms with van der Waals surface area (Å²) in [5.74, 6) is -1.47. The van der Waals surface area contributed by atoms with Gasteiger partial charge in [0, 0.05) is 17.6 Å². The summed E-state index contributed by atoms with van der Waals surface area (Å²) in [5, 5.41) is 2.54. The lowest BCUT2D eigenvalue weighted by atomic mass is 10.2. The molecule has 1 aromatic carbocycles. The van der Waals surface area contributed by atoms with Gasteiger partial charge in [-0.1, -0.05) is 0 Å². The number of hydrogen-bond donors (Lipinski definition) is 1. The van der Waals surface area contributed by atoms with Crippen molar-refractivity contribution in [2.24, 2.45) is 0 Å². The summed E-state index contributed by atoms with van der Waals surface area (Å²) < 4.78 is 36.1. The topological polar surface area (TPSA) is 83.6 Å². The number of rotatable bonds is 3. The number of sulfone groups is 1. The molecule has 0 aromatic heterocycles. The normalized spacial score (nSPS) is 18.3. The summed E-state index contributed by atoms with van der Waals surface area (Å²) in [7, 11) is -3.07. The van der Waals surface area contributed by atoms with E-state index >= 15 is 0 Å². The maximum Gasteiger partial charge on any atom is 0.253 e. The Balaban J connectivity index is 1.99. The number of nitrogens with zero attached hydrogens (tertiary/aromatic N) is 1. The molecule has 1 N–H and O–H groups in total. The predicted octanol–water partition coefficient (Wildman–Crippen LogP) is 0.964. The molecule has 0 saturated carbocycles. The molecule has 2 rings (SSSR count). The summed E-state index contributed by atoms with van der Waals surface area (Å²) in [6.07, 6.45) is 0. The van der Waals surface area contributed by atoms with E-state index in [1.54, 1.807) is 0 Å². The number of carbonyl (C=O) groups excluding carboxylic acids is 2. The van der Waals surface area contributed by atoms with E-state index in [4.69, 9.17) is 0 Å². The Morgan fingerprint density at radius 2 is 1.91 bits per heavy atom. The third kappa shape index (κ3) is 4.51. The fourth-order valence-corrected chi connectivity index (χ4v) is 3.95. The molecular weight excluding hydrogens is 391 g/mol. The molecule has 0 bridgehead atoms. The van der Waals surface area contributed by atoms with Crippen LogP contribution in [0.2, 0.25) is 0 Å². The zero-order chi connectivity index (χ0) is 17.2. The monoisotopic (exact) mass is 406 g/mol. The van der Waals surface area contributed by atoms with Crippen LogP contribution in [0, 0.1) is 5.82 Å². The van der Waals surface area contributed by atoms with Crippen molar-refractivity contribution in [2.75, 3.05) is 24.6 Å². The summed E-state index contributed by atoms with van der Waals surface area (Å²) in [5.41, 5.74) is 0.215. The highest BCUT2D eigenvalue weighted by Crippen LogP contribution is 2.18. The number of halogens is 2. The second kappa shape index (κ2) is 6.96. The first-order valence-electron chi connectivity index (χ1n) is 6.95. The van der Waals surface area contributed by atoms with E-state index in [1.807, 2.05) is 0 Å². The van der Waals surface area contributed by atoms with Crippen LogP contribution in [-0.2, 0) is 14.6 Å². The molecular formula is C14H16BrFN2O4S. The Kier molecular flexibility index (Phi) is 5.41. The van der Waals surface area contributed by atoms with E-state index in [9.17, 15) is 22.4 Å². The minimum atomic E-state index is -3.07. The van der Waals surface area contributed by atoms with Crippen molar-refractivity contribution >= 4 is 37.6 Å². The van der Waals surface area contributed by atoms with Gasteiger partial charge in [0.05, 0.1) is 17.1 Å². The molecule has 1 aliphatic rings. The molecule has 1 heterocycles. The van der Waals surface area contributed by atoms with Crippen LogP contribution >= 0.6 is 15.9 Å². The highest BCUT2D eigenvalue weighted by molar-refractivity contribution is 9.10. The maximum absolute atomic E-state index is 13.0. The zero-order valence-electron chi connectivity index (χ0n) is 12.4. The SMILES string of the molecule is CC(NC(=O)c1ccc(F)cc1Br)C(=O)N1CCS(=O)(=O)CC1. The summed E-state index contributed by atoms with van der Waals surface area (Å²) in [6, 6.07) is 2.83. The molecule has 2 amide bonds. The van der Waals surface area contributed by atoms with Gasteiger partial charge in [-0.15, -0.1) is 0 Å². The van der Waals surface area contributed by atoms with Gasteiger partial charge in [0.2, 0.25) is 5.91 Å². The minimum absolute atomic E-state index is 0.0666. The number of amides is 2. The lowest BCUT2D eigenvalue weighted by molar-refractivity contribution is -0.132. The fourth-order valence-electron chi connectivity index (χ4n) is 2.22. The zero-order valence-corrected chi connectivity index (χ0v) is 14.8. The van der Waals surface area contributed by atoms with E-state index in [2.05, 4.69) is 21.2 Å². The van der Waals surface area contributed by atoms with Crippen LogP contribution in [0.5, 0.6) is 0 Å². The van der Waals surface area contributed by atoms with Crippen molar-refractivity contribution < 1.29 is 22.4 Å². The van der Waals surface area contributed by atoms with Crippen LogP contribution < -0.4 is 5.32 Å². The number of nitrogens with one attached hydrogen (secondary N) is 1. The molecule has 0 spiro atoms. The van der Waals surface area contributed by atoms with Crippen LogP contribution in [0.3, 0.4) is 0 Å². The van der Waals surface area contributed by atoms with Crippen LogP contribution in [0.1, 0.15) is 17.3 Å². The second-order valence-corrected chi connectivity index (χ2v) is 8.45. The van der Waals surface area contributed by atoms with Crippen LogP contribution in [0.15, 0.2) is 22.7 Å². The van der Waals surface area contributed by atoms with Gasteiger partial charge in [-0.3, -0.25) is 9.59 Å². The average Bonchev–Trinajstić information content (AvgIpc) is 2.46. The third-order valence-corrected chi connectivity index (χ3v) is 5.82. The third-order valence-electron chi connectivity index (χ3n) is 3.55. The fraction of sp³-hybridized carbons (Fsp3) is 0.429. The van der Waals surface area contributed by atoms with Gasteiger partial charge in [-0.05, 0) is 41.1 Å². The average molecular weight is 407 g/mol. The summed E-state index contributed by atoms with van der Waals surface area (Å²) in [6.45, 7) is 1.78. The van der Waals surface area contributed by atoms with Gasteiger partial charge < -0.3 is 10.2 Å². The summed E-state index contributed by atoms with van der Waals surface area (Å²) in [4.78, 5) is 25.8. The van der Waals surface area contributed by atoms with Crippen molar-refractivity contribution in [1.82, 2.24) is 10.2 Å². The smallest absolute Gasteiger partial charge is 0.253 e. The molecule has 1 aromatic rings. The van der Waals surface area contributed by atoms with E-state index in [-0.39, 0.29) is 36.1 Å². The van der Waals surface area contributed by atoms with Crippen molar-refractivity contribution in [3.05, 3.63) is 34.1 Å². The van der Waals surface area contributed by atoms with Crippen LogP contribution in [0.4, 0.5) is 4.39 Å². The highest BCUT2D eigenvalue weighted by atomic mass is 79.9. The Bertz CT molecular complexity index is 724. The van der Waals surface area contributed by atoms with Gasteiger partial charge in [0.25, 0.3) is 5.91 Å². The Morgan fingerprint density at radius 3 is 2.48 bits per heavy atom. The molecule has 1 aliphatic heterocycles. The summed E-state index contributed by atoms with van der Waals surface area (Å²) >= 11 is 3.10. The first kappa shape index (κ1) is 17.9. The number of hydrogen-bond acceptors (Lipinski definition) is 4. The molecule has 1 atom stereocenters. The molecule has 9 heteroatoms. The van der Waals surface area contributed by atoms with Crippen molar-refractivity contribution in [3.8, 4) is 0 Å². The highest BCUT2D eigenvalue weighted by Gasteiger charge is 2.28. The van der Waals surface area contributed by atoms with E-state index in [0.29, 0.717) is 4.47 Å². The first-order chi connectivity index (χ1) is 10.7. The molecule has 1 fully saturated rings. The molecule has 1 saturated heterocycles. The van der Waals surface area contributed by atoms with Crippen LogP contribution in [-0.4, -0.2) is 55.8 Å². The lowest BCUT2D eigenvalue weighted by Gasteiger charge is -2.29. The Hall–Kier alpha value is -1.48. The number of carbonyl (C=O) groups is 2. The van der Waals surface area contributed by atoms with Gasteiger partial charge >= 0.3 is 0 Å². The van der Waals surface area contributed by atoms with E-state index < -0.39 is 27.6 Å². The Labute approximate surface area is 142 Å². The quantitative estimate of drug-likeness (QED) is 0.810. The standard InChI is InChI=1S/C14H16BrFN2O4S/c1-9(14(20)18-4-6-23(21,22)7-5-18)17-13(19)11-3-2-10(16)8-12(11)15/h2-3,8-9H,4-7H2,1H3,(H,17,19). The molecule has 1 unspecified atom stereocenters. The van der Waals surface area contributed by atoms with Crippen molar-refractivity contribution in [2.45, 2.75) is 13.0 Å². The molecule has 6 nitrogen and oxygen atoms in total. The maximum atomic E-state index is 13.0. The van der Waals surface area contributed by atoms with Crippen LogP contribution in [0.25, 0.3) is 0 Å². The molecule has 0 radical (unpaired) electrons. The predicted molar refractivity (Wildman–Crippen MR) is 86.3 cm³/mol. The van der Waals surface area contributed by atoms with Gasteiger partial charge in [0.15, 0.2) is 9.84 Å².